The molecule has 2 heterocycles. The van der Waals surface area contributed by atoms with Crippen molar-refractivity contribution in [2.45, 2.75) is 40.3 Å². The minimum atomic E-state index is 0.107. The Morgan fingerprint density at radius 1 is 1.00 bits per heavy atom. The molecule has 0 aliphatic heterocycles. The molecule has 2 aromatic carbocycles. The second kappa shape index (κ2) is 7.38. The number of tetrazole rings is 1. The van der Waals surface area contributed by atoms with Gasteiger partial charge in [-0.1, -0.05) is 48.4 Å². The zero-order valence-corrected chi connectivity index (χ0v) is 16.4. The number of aryl methyl sites for hydroxylation is 2. The fraction of sp³-hybridized carbons (Fsp3) is 0.273. The van der Waals surface area contributed by atoms with Gasteiger partial charge < -0.3 is 4.90 Å². The molecule has 0 bridgehead atoms. The summed E-state index contributed by atoms with van der Waals surface area (Å²) in [4.78, 5) is 14.5. The Hall–Kier alpha value is -3.28. The normalized spacial score (nSPS) is 11.2. The van der Waals surface area contributed by atoms with Crippen LogP contribution >= 0.6 is 0 Å². The summed E-state index contributed by atoms with van der Waals surface area (Å²) < 4.78 is 1.75. The minimum Gasteiger partial charge on any atom is -0.334 e. The molecular formula is C22H23N5O. The Bertz CT molecular complexity index is 1150. The molecule has 0 fully saturated rings. The lowest BCUT2D eigenvalue weighted by Gasteiger charge is -2.23. The lowest BCUT2D eigenvalue weighted by molar-refractivity contribution is -0.132. The minimum absolute atomic E-state index is 0.107. The molecular weight excluding hydrogens is 350 g/mol. The zero-order chi connectivity index (χ0) is 19.7. The third kappa shape index (κ3) is 3.45. The first-order valence-corrected chi connectivity index (χ1v) is 9.49. The van der Waals surface area contributed by atoms with E-state index in [2.05, 4.69) is 65.8 Å². The van der Waals surface area contributed by atoms with Gasteiger partial charge in [0.05, 0.1) is 5.52 Å². The molecule has 0 atom stereocenters. The number of amides is 1. The number of carbonyl (C=O) groups excluding carboxylic acids is 1. The van der Waals surface area contributed by atoms with Crippen molar-refractivity contribution < 1.29 is 4.79 Å². The summed E-state index contributed by atoms with van der Waals surface area (Å²) in [6.07, 6.45) is 0.458. The first-order chi connectivity index (χ1) is 13.5. The zero-order valence-electron chi connectivity index (χ0n) is 16.4. The average Bonchev–Trinajstić information content (AvgIpc) is 3.18. The Balaban J connectivity index is 1.74. The van der Waals surface area contributed by atoms with E-state index in [0.29, 0.717) is 25.2 Å². The third-order valence-corrected chi connectivity index (χ3v) is 5.01. The smallest absolute Gasteiger partial charge is 0.222 e. The summed E-state index contributed by atoms with van der Waals surface area (Å²) in [7, 11) is 0. The number of rotatable bonds is 5. The van der Waals surface area contributed by atoms with E-state index in [4.69, 9.17) is 0 Å². The van der Waals surface area contributed by atoms with E-state index in [1.807, 2.05) is 24.0 Å². The molecule has 142 valence electrons. The van der Waals surface area contributed by atoms with E-state index in [-0.39, 0.29) is 5.91 Å². The van der Waals surface area contributed by atoms with Crippen molar-refractivity contribution in [2.75, 3.05) is 0 Å². The van der Waals surface area contributed by atoms with Crippen LogP contribution < -0.4 is 0 Å². The van der Waals surface area contributed by atoms with Gasteiger partial charge in [-0.15, -0.1) is 5.10 Å². The monoisotopic (exact) mass is 373 g/mol. The molecule has 28 heavy (non-hydrogen) atoms. The number of fused-ring (bicyclic) bond motifs is 3. The van der Waals surface area contributed by atoms with Crippen molar-refractivity contribution in [1.82, 2.24) is 24.9 Å². The van der Waals surface area contributed by atoms with Gasteiger partial charge in [-0.2, -0.15) is 4.52 Å². The maximum absolute atomic E-state index is 12.6. The van der Waals surface area contributed by atoms with Crippen LogP contribution in [0.1, 0.15) is 35.6 Å². The molecule has 0 saturated heterocycles. The maximum atomic E-state index is 12.6. The molecule has 6 heteroatoms. The molecule has 0 spiro atoms. The van der Waals surface area contributed by atoms with E-state index >= 15 is 0 Å². The molecule has 0 unspecified atom stereocenters. The topological polar surface area (TPSA) is 63.4 Å². The summed E-state index contributed by atoms with van der Waals surface area (Å²) in [5.74, 6) is 0.107. The van der Waals surface area contributed by atoms with Crippen molar-refractivity contribution in [1.29, 1.82) is 0 Å². The molecule has 4 aromatic rings. The predicted molar refractivity (Wildman–Crippen MR) is 109 cm³/mol. The van der Waals surface area contributed by atoms with Crippen molar-refractivity contribution >= 4 is 22.5 Å². The summed E-state index contributed by atoms with van der Waals surface area (Å²) in [6, 6.07) is 16.6. The van der Waals surface area contributed by atoms with Gasteiger partial charge in [0.1, 0.15) is 0 Å². The quantitative estimate of drug-likeness (QED) is 0.533. The Morgan fingerprint density at radius 3 is 2.50 bits per heavy atom. The lowest BCUT2D eigenvalue weighted by atomic mass is 10.1. The Kier molecular flexibility index (Phi) is 4.77. The van der Waals surface area contributed by atoms with Gasteiger partial charge in [-0.25, -0.2) is 0 Å². The summed E-state index contributed by atoms with van der Waals surface area (Å²) in [5.41, 5.74) is 6.08. The van der Waals surface area contributed by atoms with Gasteiger partial charge in [0, 0.05) is 30.5 Å². The van der Waals surface area contributed by atoms with Crippen molar-refractivity contribution in [2.24, 2.45) is 0 Å². The van der Waals surface area contributed by atoms with E-state index < -0.39 is 0 Å². The molecule has 0 radical (unpaired) electrons. The second-order valence-corrected chi connectivity index (χ2v) is 7.24. The summed E-state index contributed by atoms with van der Waals surface area (Å²) in [6.45, 7) is 7.04. The highest BCUT2D eigenvalue weighted by Gasteiger charge is 2.17. The lowest BCUT2D eigenvalue weighted by Crippen LogP contribution is -2.29. The maximum Gasteiger partial charge on any atom is 0.222 e. The molecule has 6 nitrogen and oxygen atoms in total. The molecule has 0 aliphatic rings. The Morgan fingerprint density at radius 2 is 1.75 bits per heavy atom. The molecule has 0 saturated carbocycles. The highest BCUT2D eigenvalue weighted by atomic mass is 16.2. The van der Waals surface area contributed by atoms with Crippen LogP contribution in [0.4, 0.5) is 0 Å². The molecule has 0 aliphatic carbocycles. The third-order valence-electron chi connectivity index (χ3n) is 5.01. The van der Waals surface area contributed by atoms with Crippen LogP contribution in [-0.2, 0) is 17.9 Å². The van der Waals surface area contributed by atoms with Crippen molar-refractivity contribution in [3.05, 3.63) is 70.8 Å². The van der Waals surface area contributed by atoms with Crippen LogP contribution in [0.5, 0.6) is 0 Å². The molecule has 2 aromatic heterocycles. The van der Waals surface area contributed by atoms with Gasteiger partial charge in [-0.3, -0.25) is 4.79 Å². The molecule has 0 N–H and O–H groups in total. The number of carbonyl (C=O) groups is 1. The number of aromatic nitrogens is 4. The Labute approximate surface area is 163 Å². The van der Waals surface area contributed by atoms with E-state index in [0.717, 1.165) is 22.0 Å². The van der Waals surface area contributed by atoms with Crippen LogP contribution in [0.25, 0.3) is 16.6 Å². The highest BCUT2D eigenvalue weighted by molar-refractivity contribution is 5.84. The molecule has 4 rings (SSSR count). The summed E-state index contributed by atoms with van der Waals surface area (Å²) in [5, 5.41) is 13.3. The molecule has 1 amide bonds. The standard InChI is InChI=1S/C22H23N5O/c1-4-21(28)26(13-17-8-5-15(2)6-9-17)14-19-12-18-11-16(3)7-10-20(18)27-22(19)23-24-25-27/h5-12H,4,13-14H2,1-3H3. The van der Waals surface area contributed by atoms with Crippen LogP contribution in [0.15, 0.2) is 48.5 Å². The van der Waals surface area contributed by atoms with Crippen LogP contribution in [0.2, 0.25) is 0 Å². The second-order valence-electron chi connectivity index (χ2n) is 7.24. The average molecular weight is 373 g/mol. The fourth-order valence-corrected chi connectivity index (χ4v) is 3.48. The van der Waals surface area contributed by atoms with Crippen molar-refractivity contribution in [3.8, 4) is 0 Å². The predicted octanol–water partition coefficient (Wildman–Crippen LogP) is 3.83. The number of benzene rings is 2. The van der Waals surface area contributed by atoms with Gasteiger partial charge in [0.25, 0.3) is 0 Å². The van der Waals surface area contributed by atoms with E-state index in [1.165, 1.54) is 11.1 Å². The van der Waals surface area contributed by atoms with Gasteiger partial charge in [-0.05, 0) is 48.0 Å². The largest absolute Gasteiger partial charge is 0.334 e. The number of nitrogens with zero attached hydrogens (tertiary/aromatic N) is 5. The number of pyridine rings is 1. The fourth-order valence-electron chi connectivity index (χ4n) is 3.48. The van der Waals surface area contributed by atoms with Gasteiger partial charge in [0.15, 0.2) is 5.65 Å². The van der Waals surface area contributed by atoms with E-state index in [1.54, 1.807) is 4.52 Å². The van der Waals surface area contributed by atoms with Crippen LogP contribution in [-0.4, -0.2) is 30.8 Å². The summed E-state index contributed by atoms with van der Waals surface area (Å²) >= 11 is 0. The SMILES string of the molecule is CCC(=O)N(Cc1ccc(C)cc1)Cc1cc2cc(C)ccc2n2nnnc12. The van der Waals surface area contributed by atoms with E-state index in [9.17, 15) is 4.79 Å². The van der Waals surface area contributed by atoms with Gasteiger partial charge >= 0.3 is 0 Å². The number of hydrogen-bond donors (Lipinski definition) is 0. The van der Waals surface area contributed by atoms with Crippen LogP contribution in [0.3, 0.4) is 0 Å². The number of hydrogen-bond acceptors (Lipinski definition) is 4. The van der Waals surface area contributed by atoms with Crippen LogP contribution in [0, 0.1) is 13.8 Å². The first-order valence-electron chi connectivity index (χ1n) is 9.49. The van der Waals surface area contributed by atoms with Crippen molar-refractivity contribution in [3.63, 3.8) is 0 Å². The first kappa shape index (κ1) is 18.1. The van der Waals surface area contributed by atoms with Gasteiger partial charge in [0.2, 0.25) is 5.91 Å². The highest BCUT2D eigenvalue weighted by Crippen LogP contribution is 2.22.